The van der Waals surface area contributed by atoms with E-state index in [2.05, 4.69) is 5.32 Å². The van der Waals surface area contributed by atoms with Crippen LogP contribution in [0.4, 0.5) is 0 Å². The summed E-state index contributed by atoms with van der Waals surface area (Å²) in [6.07, 6.45) is 0. The molecule has 0 saturated carbocycles. The molecule has 100 valence electrons. The monoisotopic (exact) mass is 244 g/mol. The SMILES string of the molecule is CC(C)CN(CC(=O)O)C(=O)CNC(C)(C)C. The van der Waals surface area contributed by atoms with Gasteiger partial charge in [0.1, 0.15) is 6.54 Å². The van der Waals surface area contributed by atoms with Crippen molar-refractivity contribution in [3.8, 4) is 0 Å². The van der Waals surface area contributed by atoms with Crippen LogP contribution in [0.1, 0.15) is 34.6 Å². The van der Waals surface area contributed by atoms with Gasteiger partial charge in [0, 0.05) is 12.1 Å². The molecule has 2 N–H and O–H groups in total. The maximum atomic E-state index is 11.9. The Bertz CT molecular complexity index is 269. The highest BCUT2D eigenvalue weighted by atomic mass is 16.4. The molecule has 5 nitrogen and oxygen atoms in total. The Labute approximate surface area is 103 Å². The van der Waals surface area contributed by atoms with Crippen molar-refractivity contribution in [2.45, 2.75) is 40.2 Å². The number of nitrogens with one attached hydrogen (secondary N) is 1. The molecule has 0 aliphatic carbocycles. The summed E-state index contributed by atoms with van der Waals surface area (Å²) >= 11 is 0. The zero-order chi connectivity index (χ0) is 13.6. The van der Waals surface area contributed by atoms with Gasteiger partial charge in [-0.1, -0.05) is 13.8 Å². The average Bonchev–Trinajstić information content (AvgIpc) is 2.10. The Morgan fingerprint density at radius 3 is 2.18 bits per heavy atom. The fraction of sp³-hybridized carbons (Fsp3) is 0.833. The van der Waals surface area contributed by atoms with Crippen LogP contribution >= 0.6 is 0 Å². The molecule has 0 aromatic rings. The van der Waals surface area contributed by atoms with E-state index in [-0.39, 0.29) is 30.5 Å². The number of rotatable bonds is 6. The standard InChI is InChI=1S/C12H24N2O3/c1-9(2)7-14(8-11(16)17)10(15)6-13-12(3,4)5/h9,13H,6-8H2,1-5H3,(H,16,17). The fourth-order valence-corrected chi connectivity index (χ4v) is 1.31. The Morgan fingerprint density at radius 2 is 1.82 bits per heavy atom. The van der Waals surface area contributed by atoms with Crippen LogP contribution in [-0.2, 0) is 9.59 Å². The first kappa shape index (κ1) is 15.9. The van der Waals surface area contributed by atoms with Crippen molar-refractivity contribution in [1.29, 1.82) is 0 Å². The first-order chi connectivity index (χ1) is 7.61. The molecule has 0 heterocycles. The summed E-state index contributed by atoms with van der Waals surface area (Å²) < 4.78 is 0. The second-order valence-corrected chi connectivity index (χ2v) is 5.67. The van der Waals surface area contributed by atoms with Gasteiger partial charge in [0.2, 0.25) is 5.91 Å². The van der Waals surface area contributed by atoms with E-state index in [1.165, 1.54) is 4.90 Å². The third-order valence-electron chi connectivity index (χ3n) is 2.03. The maximum absolute atomic E-state index is 11.9. The third kappa shape index (κ3) is 8.68. The molecule has 0 aliphatic heterocycles. The van der Waals surface area contributed by atoms with Gasteiger partial charge in [-0.3, -0.25) is 9.59 Å². The van der Waals surface area contributed by atoms with Gasteiger partial charge in [0.15, 0.2) is 0 Å². The van der Waals surface area contributed by atoms with Gasteiger partial charge < -0.3 is 15.3 Å². The first-order valence-corrected chi connectivity index (χ1v) is 5.86. The quantitative estimate of drug-likeness (QED) is 0.729. The number of hydrogen-bond acceptors (Lipinski definition) is 3. The number of amides is 1. The molecule has 0 unspecified atom stereocenters. The van der Waals surface area contributed by atoms with Gasteiger partial charge >= 0.3 is 5.97 Å². The zero-order valence-corrected chi connectivity index (χ0v) is 11.4. The molecule has 0 bridgehead atoms. The lowest BCUT2D eigenvalue weighted by atomic mass is 10.1. The van der Waals surface area contributed by atoms with E-state index in [0.717, 1.165) is 0 Å². The molecule has 0 aliphatic rings. The molecule has 0 rings (SSSR count). The number of carboxylic acid groups (broad SMARTS) is 1. The summed E-state index contributed by atoms with van der Waals surface area (Å²) in [4.78, 5) is 23.9. The van der Waals surface area contributed by atoms with Crippen molar-refractivity contribution in [2.24, 2.45) is 5.92 Å². The number of nitrogens with zero attached hydrogens (tertiary/aromatic N) is 1. The molecule has 5 heteroatoms. The Kier molecular flexibility index (Phi) is 6.16. The van der Waals surface area contributed by atoms with E-state index in [1.54, 1.807) is 0 Å². The number of hydrogen-bond donors (Lipinski definition) is 2. The van der Waals surface area contributed by atoms with E-state index >= 15 is 0 Å². The Balaban J connectivity index is 4.37. The van der Waals surface area contributed by atoms with Crippen LogP contribution in [0.3, 0.4) is 0 Å². The molecule has 0 aromatic carbocycles. The van der Waals surface area contributed by atoms with Crippen LogP contribution < -0.4 is 5.32 Å². The van der Waals surface area contributed by atoms with Crippen LogP contribution in [0.15, 0.2) is 0 Å². The average molecular weight is 244 g/mol. The topological polar surface area (TPSA) is 69.6 Å². The highest BCUT2D eigenvalue weighted by molar-refractivity contribution is 5.82. The molecule has 0 fully saturated rings. The minimum absolute atomic E-state index is 0.150. The molecule has 0 spiro atoms. The predicted octanol–water partition coefficient (Wildman–Crippen LogP) is 0.944. The zero-order valence-electron chi connectivity index (χ0n) is 11.4. The smallest absolute Gasteiger partial charge is 0.323 e. The molecular formula is C12H24N2O3. The second kappa shape index (κ2) is 6.59. The first-order valence-electron chi connectivity index (χ1n) is 5.86. The van der Waals surface area contributed by atoms with E-state index in [0.29, 0.717) is 6.54 Å². The minimum Gasteiger partial charge on any atom is -0.480 e. The second-order valence-electron chi connectivity index (χ2n) is 5.67. The highest BCUT2D eigenvalue weighted by Gasteiger charge is 2.19. The predicted molar refractivity (Wildman–Crippen MR) is 66.8 cm³/mol. The number of carboxylic acids is 1. The van der Waals surface area contributed by atoms with Gasteiger partial charge in [-0.25, -0.2) is 0 Å². The van der Waals surface area contributed by atoms with E-state index in [4.69, 9.17) is 5.11 Å². The Hall–Kier alpha value is -1.10. The van der Waals surface area contributed by atoms with Gasteiger partial charge in [0.05, 0.1) is 6.54 Å². The molecule has 17 heavy (non-hydrogen) atoms. The Morgan fingerprint density at radius 1 is 1.29 bits per heavy atom. The number of carbonyl (C=O) groups excluding carboxylic acids is 1. The van der Waals surface area contributed by atoms with Gasteiger partial charge in [-0.15, -0.1) is 0 Å². The van der Waals surface area contributed by atoms with Crippen molar-refractivity contribution in [2.75, 3.05) is 19.6 Å². The molecule has 0 aromatic heterocycles. The minimum atomic E-state index is -0.977. The van der Waals surface area contributed by atoms with Crippen LogP contribution in [0.5, 0.6) is 0 Å². The lowest BCUT2D eigenvalue weighted by Gasteiger charge is -2.26. The summed E-state index contributed by atoms with van der Waals surface area (Å²) in [5, 5.41) is 11.8. The molecule has 0 saturated heterocycles. The maximum Gasteiger partial charge on any atom is 0.323 e. The molecular weight excluding hydrogens is 220 g/mol. The number of carbonyl (C=O) groups is 2. The van der Waals surface area contributed by atoms with Gasteiger partial charge in [-0.2, -0.15) is 0 Å². The number of aliphatic carboxylic acids is 1. The summed E-state index contributed by atoms with van der Waals surface area (Å²) in [7, 11) is 0. The summed E-state index contributed by atoms with van der Waals surface area (Å²) in [5.74, 6) is -0.890. The van der Waals surface area contributed by atoms with Crippen molar-refractivity contribution < 1.29 is 14.7 Å². The lowest BCUT2D eigenvalue weighted by Crippen LogP contribution is -2.47. The third-order valence-corrected chi connectivity index (χ3v) is 2.03. The summed E-state index contributed by atoms with van der Waals surface area (Å²) in [6.45, 7) is 10.2. The van der Waals surface area contributed by atoms with Crippen molar-refractivity contribution in [3.05, 3.63) is 0 Å². The van der Waals surface area contributed by atoms with Gasteiger partial charge in [-0.05, 0) is 26.7 Å². The molecule has 0 radical (unpaired) electrons. The summed E-state index contributed by atoms with van der Waals surface area (Å²) in [5.41, 5.74) is -0.150. The molecule has 0 atom stereocenters. The normalized spacial score (nSPS) is 11.6. The van der Waals surface area contributed by atoms with Crippen LogP contribution in [0.25, 0.3) is 0 Å². The van der Waals surface area contributed by atoms with Crippen molar-refractivity contribution >= 4 is 11.9 Å². The highest BCUT2D eigenvalue weighted by Crippen LogP contribution is 2.01. The fourth-order valence-electron chi connectivity index (χ4n) is 1.31. The van der Waals surface area contributed by atoms with Crippen LogP contribution in [0.2, 0.25) is 0 Å². The molecule has 1 amide bonds. The summed E-state index contributed by atoms with van der Waals surface area (Å²) in [6, 6.07) is 0. The van der Waals surface area contributed by atoms with Crippen LogP contribution in [0, 0.1) is 5.92 Å². The van der Waals surface area contributed by atoms with Crippen molar-refractivity contribution in [1.82, 2.24) is 10.2 Å². The van der Waals surface area contributed by atoms with E-state index in [1.807, 2.05) is 34.6 Å². The largest absolute Gasteiger partial charge is 0.480 e. The van der Waals surface area contributed by atoms with Crippen LogP contribution in [-0.4, -0.2) is 47.1 Å². The van der Waals surface area contributed by atoms with Crippen molar-refractivity contribution in [3.63, 3.8) is 0 Å². The van der Waals surface area contributed by atoms with E-state index in [9.17, 15) is 9.59 Å². The van der Waals surface area contributed by atoms with Gasteiger partial charge in [0.25, 0.3) is 0 Å². The van der Waals surface area contributed by atoms with E-state index < -0.39 is 5.97 Å². The lowest BCUT2D eigenvalue weighted by molar-refractivity contribution is -0.144.